The van der Waals surface area contributed by atoms with E-state index in [-0.39, 0.29) is 17.3 Å². The lowest BCUT2D eigenvalue weighted by Crippen LogP contribution is -2.53. The molecule has 0 radical (unpaired) electrons. The number of benzene rings is 1. The monoisotopic (exact) mass is 369 g/mol. The number of hydrogen-bond donors (Lipinski definition) is 1. The number of anilines is 1. The van der Waals surface area contributed by atoms with Crippen molar-refractivity contribution in [2.75, 3.05) is 24.5 Å². The molecule has 1 aliphatic rings. The van der Waals surface area contributed by atoms with Gasteiger partial charge in [-0.1, -0.05) is 37.3 Å². The van der Waals surface area contributed by atoms with Gasteiger partial charge in [0.2, 0.25) is 0 Å². The molecular formula is C19H23N5O3. The van der Waals surface area contributed by atoms with Gasteiger partial charge in [0.15, 0.2) is 0 Å². The van der Waals surface area contributed by atoms with E-state index in [2.05, 4.69) is 28.9 Å². The molecule has 2 N–H and O–H groups in total. The third-order valence-electron chi connectivity index (χ3n) is 4.93. The van der Waals surface area contributed by atoms with Crippen molar-refractivity contribution >= 4 is 17.4 Å². The number of rotatable bonds is 6. The first kappa shape index (κ1) is 18.8. The number of aromatic nitrogens is 1. The molecule has 8 nitrogen and oxygen atoms in total. The van der Waals surface area contributed by atoms with Crippen molar-refractivity contribution in [3.05, 3.63) is 63.8 Å². The predicted molar refractivity (Wildman–Crippen MR) is 103 cm³/mol. The number of pyridine rings is 1. The van der Waals surface area contributed by atoms with E-state index in [1.165, 1.54) is 17.8 Å². The Morgan fingerprint density at radius 1 is 1.33 bits per heavy atom. The van der Waals surface area contributed by atoms with Crippen LogP contribution in [0.3, 0.4) is 0 Å². The summed E-state index contributed by atoms with van der Waals surface area (Å²) in [4.78, 5) is 30.8. The summed E-state index contributed by atoms with van der Waals surface area (Å²) < 4.78 is 0. The molecular weight excluding hydrogens is 346 g/mol. The van der Waals surface area contributed by atoms with Crippen LogP contribution >= 0.6 is 0 Å². The molecule has 1 saturated heterocycles. The molecule has 1 fully saturated rings. The predicted octanol–water partition coefficient (Wildman–Crippen LogP) is 2.19. The van der Waals surface area contributed by atoms with Crippen LogP contribution in [0.15, 0.2) is 42.6 Å². The highest BCUT2D eigenvalue weighted by molar-refractivity contribution is 5.98. The lowest BCUT2D eigenvalue weighted by atomic mass is 10.1. The van der Waals surface area contributed by atoms with E-state index >= 15 is 0 Å². The van der Waals surface area contributed by atoms with Gasteiger partial charge in [-0.2, -0.15) is 0 Å². The molecule has 1 atom stereocenters. The highest BCUT2D eigenvalue weighted by Crippen LogP contribution is 2.26. The van der Waals surface area contributed by atoms with Crippen LogP contribution in [-0.4, -0.2) is 46.4 Å². The Bertz CT molecular complexity index is 827. The van der Waals surface area contributed by atoms with Crippen LogP contribution in [0.4, 0.5) is 11.5 Å². The SMILES string of the molecule is CCC1CN(c2ncc([N+](=O)[O-])cc2C(N)=O)CCN1Cc1ccccc1. The van der Waals surface area contributed by atoms with Gasteiger partial charge in [-0.05, 0) is 12.0 Å². The van der Waals surface area contributed by atoms with Crippen molar-refractivity contribution in [2.24, 2.45) is 5.73 Å². The number of piperazine rings is 1. The smallest absolute Gasteiger partial charge is 0.288 e. The molecule has 0 saturated carbocycles. The van der Waals surface area contributed by atoms with Crippen LogP contribution < -0.4 is 10.6 Å². The number of primary amides is 1. The number of nitrogens with two attached hydrogens (primary N) is 1. The van der Waals surface area contributed by atoms with Crippen LogP contribution in [-0.2, 0) is 6.54 Å². The molecule has 0 bridgehead atoms. The van der Waals surface area contributed by atoms with Crippen LogP contribution in [0.25, 0.3) is 0 Å². The van der Waals surface area contributed by atoms with Gasteiger partial charge in [0.1, 0.15) is 12.0 Å². The highest BCUT2D eigenvalue weighted by Gasteiger charge is 2.29. The summed E-state index contributed by atoms with van der Waals surface area (Å²) in [5.74, 6) is -0.285. The molecule has 1 aromatic heterocycles. The summed E-state index contributed by atoms with van der Waals surface area (Å²) in [6.45, 7) is 5.17. The van der Waals surface area contributed by atoms with Crippen molar-refractivity contribution in [1.82, 2.24) is 9.88 Å². The molecule has 0 spiro atoms. The zero-order valence-electron chi connectivity index (χ0n) is 15.2. The fraction of sp³-hybridized carbons (Fsp3) is 0.368. The van der Waals surface area contributed by atoms with E-state index in [0.717, 1.165) is 19.5 Å². The number of amides is 1. The van der Waals surface area contributed by atoms with Gasteiger partial charge in [-0.3, -0.25) is 19.8 Å². The van der Waals surface area contributed by atoms with Crippen molar-refractivity contribution in [2.45, 2.75) is 25.9 Å². The molecule has 0 aliphatic carbocycles. The summed E-state index contributed by atoms with van der Waals surface area (Å²) >= 11 is 0. The quantitative estimate of drug-likeness (QED) is 0.618. The van der Waals surface area contributed by atoms with Crippen LogP contribution in [0.1, 0.15) is 29.3 Å². The molecule has 27 heavy (non-hydrogen) atoms. The van der Waals surface area contributed by atoms with E-state index in [1.54, 1.807) is 0 Å². The zero-order valence-corrected chi connectivity index (χ0v) is 15.2. The molecule has 3 rings (SSSR count). The first-order valence-electron chi connectivity index (χ1n) is 8.96. The number of carbonyl (C=O) groups is 1. The fourth-order valence-electron chi connectivity index (χ4n) is 3.48. The maximum atomic E-state index is 11.8. The first-order chi connectivity index (χ1) is 13.0. The van der Waals surface area contributed by atoms with Crippen molar-refractivity contribution in [3.8, 4) is 0 Å². The summed E-state index contributed by atoms with van der Waals surface area (Å²) in [6, 6.07) is 11.8. The van der Waals surface area contributed by atoms with E-state index < -0.39 is 10.8 Å². The lowest BCUT2D eigenvalue weighted by Gasteiger charge is -2.42. The summed E-state index contributed by atoms with van der Waals surface area (Å²) in [5, 5.41) is 11.0. The van der Waals surface area contributed by atoms with E-state index in [9.17, 15) is 14.9 Å². The second-order valence-corrected chi connectivity index (χ2v) is 6.65. The first-order valence-corrected chi connectivity index (χ1v) is 8.96. The second kappa shape index (κ2) is 8.13. The third kappa shape index (κ3) is 4.22. The Kier molecular flexibility index (Phi) is 5.66. The van der Waals surface area contributed by atoms with Gasteiger partial charge in [-0.25, -0.2) is 4.98 Å². The lowest BCUT2D eigenvalue weighted by molar-refractivity contribution is -0.385. The van der Waals surface area contributed by atoms with E-state index in [4.69, 9.17) is 5.73 Å². The van der Waals surface area contributed by atoms with Gasteiger partial charge in [0.25, 0.3) is 11.6 Å². The molecule has 2 aromatic rings. The van der Waals surface area contributed by atoms with E-state index in [1.807, 2.05) is 23.1 Å². The fourth-order valence-corrected chi connectivity index (χ4v) is 3.48. The minimum atomic E-state index is -0.707. The average Bonchev–Trinajstić information content (AvgIpc) is 2.68. The number of nitrogens with zero attached hydrogens (tertiary/aromatic N) is 4. The number of hydrogen-bond acceptors (Lipinski definition) is 6. The van der Waals surface area contributed by atoms with E-state index in [0.29, 0.717) is 18.9 Å². The van der Waals surface area contributed by atoms with Gasteiger partial charge in [0, 0.05) is 38.3 Å². The molecule has 142 valence electrons. The van der Waals surface area contributed by atoms with Gasteiger partial charge < -0.3 is 10.6 Å². The van der Waals surface area contributed by atoms with Crippen LogP contribution in [0, 0.1) is 10.1 Å². The van der Waals surface area contributed by atoms with Crippen molar-refractivity contribution in [3.63, 3.8) is 0 Å². The van der Waals surface area contributed by atoms with Crippen LogP contribution in [0.2, 0.25) is 0 Å². The molecule has 1 aliphatic heterocycles. The van der Waals surface area contributed by atoms with Gasteiger partial charge in [0.05, 0.1) is 10.5 Å². The molecule has 1 amide bonds. The average molecular weight is 369 g/mol. The largest absolute Gasteiger partial charge is 0.365 e. The standard InChI is InChI=1S/C19H23N5O3/c1-2-15-13-23(9-8-22(15)12-14-6-4-3-5-7-14)19-17(18(20)25)10-16(11-21-19)24(26)27/h3-7,10-11,15H,2,8-9,12-13H2,1H3,(H2,20,25). The van der Waals surface area contributed by atoms with Gasteiger partial charge >= 0.3 is 0 Å². The molecule has 2 heterocycles. The molecule has 1 unspecified atom stereocenters. The normalized spacial score (nSPS) is 17.7. The zero-order chi connectivity index (χ0) is 19.4. The molecule has 8 heteroatoms. The summed E-state index contributed by atoms with van der Waals surface area (Å²) in [6.07, 6.45) is 2.13. The third-order valence-corrected chi connectivity index (χ3v) is 4.93. The minimum Gasteiger partial charge on any atom is -0.365 e. The molecule has 1 aromatic carbocycles. The Hall–Kier alpha value is -3.00. The maximum absolute atomic E-state index is 11.8. The van der Waals surface area contributed by atoms with Crippen molar-refractivity contribution < 1.29 is 9.72 Å². The summed E-state index contributed by atoms with van der Waals surface area (Å²) in [7, 11) is 0. The topological polar surface area (TPSA) is 106 Å². The number of nitro groups is 1. The van der Waals surface area contributed by atoms with Crippen LogP contribution in [0.5, 0.6) is 0 Å². The second-order valence-electron chi connectivity index (χ2n) is 6.65. The Morgan fingerprint density at radius 3 is 2.70 bits per heavy atom. The number of carbonyl (C=O) groups excluding carboxylic acids is 1. The Labute approximate surface area is 157 Å². The maximum Gasteiger partial charge on any atom is 0.288 e. The minimum absolute atomic E-state index is 0.0931. The Balaban J connectivity index is 1.80. The Morgan fingerprint density at radius 2 is 2.07 bits per heavy atom. The van der Waals surface area contributed by atoms with Gasteiger partial charge in [-0.15, -0.1) is 0 Å². The highest BCUT2D eigenvalue weighted by atomic mass is 16.6. The summed E-state index contributed by atoms with van der Waals surface area (Å²) in [5.41, 5.74) is 6.57. The van der Waals surface area contributed by atoms with Crippen molar-refractivity contribution in [1.29, 1.82) is 0 Å².